The zero-order chi connectivity index (χ0) is 19.9. The number of halogens is 1. The van der Waals surface area contributed by atoms with E-state index in [2.05, 4.69) is 21.0 Å². The first-order valence-corrected chi connectivity index (χ1v) is 9.51. The van der Waals surface area contributed by atoms with E-state index in [0.717, 1.165) is 44.6 Å². The number of ether oxygens (including phenoxy) is 1. The van der Waals surface area contributed by atoms with Crippen LogP contribution in [0.25, 0.3) is 0 Å². The number of methoxy groups -OCH3 is 1. The maximum absolute atomic E-state index is 13.5. The Hall–Kier alpha value is -2.10. The van der Waals surface area contributed by atoms with Crippen molar-refractivity contribution in [3.63, 3.8) is 0 Å². The highest BCUT2D eigenvalue weighted by Crippen LogP contribution is 2.21. The fourth-order valence-electron chi connectivity index (χ4n) is 3.39. The van der Waals surface area contributed by atoms with Gasteiger partial charge in [0, 0.05) is 38.3 Å². The zero-order valence-electron chi connectivity index (χ0n) is 16.6. The normalized spacial score (nSPS) is 16.0. The molecule has 0 radical (unpaired) electrons. The largest absolute Gasteiger partial charge is 0.496 e. The lowest BCUT2D eigenvalue weighted by molar-refractivity contribution is -0.124. The van der Waals surface area contributed by atoms with Crippen LogP contribution < -0.4 is 10.1 Å². The van der Waals surface area contributed by atoms with E-state index in [1.165, 1.54) is 12.1 Å². The van der Waals surface area contributed by atoms with Gasteiger partial charge in [-0.05, 0) is 31.0 Å². The van der Waals surface area contributed by atoms with E-state index < -0.39 is 5.54 Å². The van der Waals surface area contributed by atoms with Gasteiger partial charge in [-0.25, -0.2) is 4.39 Å². The molecule has 0 bridgehead atoms. The number of terminal acetylenes is 1. The summed E-state index contributed by atoms with van der Waals surface area (Å²) in [5, 5.41) is 3.01. The van der Waals surface area contributed by atoms with Crippen LogP contribution in [0.4, 0.5) is 4.39 Å². The molecule has 1 heterocycles. The van der Waals surface area contributed by atoms with Crippen LogP contribution in [0.15, 0.2) is 18.2 Å². The van der Waals surface area contributed by atoms with Gasteiger partial charge in [-0.1, -0.05) is 19.8 Å². The molecule has 0 unspecified atom stereocenters. The van der Waals surface area contributed by atoms with Gasteiger partial charge in [0.15, 0.2) is 0 Å². The fourth-order valence-corrected chi connectivity index (χ4v) is 3.39. The van der Waals surface area contributed by atoms with E-state index in [1.54, 1.807) is 13.2 Å². The van der Waals surface area contributed by atoms with E-state index in [4.69, 9.17) is 11.2 Å². The van der Waals surface area contributed by atoms with Gasteiger partial charge < -0.3 is 10.1 Å². The second-order valence-corrected chi connectivity index (χ2v) is 6.99. The van der Waals surface area contributed by atoms with E-state index in [0.29, 0.717) is 18.8 Å². The molecule has 1 aromatic rings. The number of rotatable bonds is 8. The van der Waals surface area contributed by atoms with Gasteiger partial charge in [0.1, 0.15) is 17.1 Å². The Balaban J connectivity index is 1.84. The molecule has 0 spiro atoms. The van der Waals surface area contributed by atoms with Crippen molar-refractivity contribution in [3.8, 4) is 18.1 Å². The molecule has 1 N–H and O–H groups in total. The van der Waals surface area contributed by atoms with Crippen LogP contribution in [0.3, 0.4) is 0 Å². The summed E-state index contributed by atoms with van der Waals surface area (Å²) in [7, 11) is 1.59. The van der Waals surface area contributed by atoms with Crippen molar-refractivity contribution in [2.24, 2.45) is 0 Å². The average molecular weight is 375 g/mol. The summed E-state index contributed by atoms with van der Waals surface area (Å²) < 4.78 is 18.8. The smallest absolute Gasteiger partial charge is 0.235 e. The number of amides is 1. The summed E-state index contributed by atoms with van der Waals surface area (Å²) in [4.78, 5) is 16.7. The standard InChI is InChI=1S/C21H30FN3O2/c1-5-21(6-2,7-3)23-20(26)16-25-12-10-24(11-13-25)15-17-14-18(22)8-9-19(17)27-4/h1,8-9,14H,6-7,10-13,15-16H2,2-4H3,(H,23,26). The van der Waals surface area contributed by atoms with E-state index in [9.17, 15) is 9.18 Å². The van der Waals surface area contributed by atoms with Crippen molar-refractivity contribution in [2.75, 3.05) is 39.8 Å². The zero-order valence-corrected chi connectivity index (χ0v) is 16.6. The van der Waals surface area contributed by atoms with E-state index in [-0.39, 0.29) is 11.7 Å². The monoisotopic (exact) mass is 375 g/mol. The highest BCUT2D eigenvalue weighted by molar-refractivity contribution is 5.79. The SMILES string of the molecule is C#CC(CC)(CC)NC(=O)CN1CCN(Cc2cc(F)ccc2OC)CC1. The van der Waals surface area contributed by atoms with Crippen molar-refractivity contribution < 1.29 is 13.9 Å². The third-order valence-electron chi connectivity index (χ3n) is 5.33. The van der Waals surface area contributed by atoms with Crippen molar-refractivity contribution >= 4 is 5.91 Å². The van der Waals surface area contributed by atoms with Gasteiger partial charge in [-0.15, -0.1) is 6.42 Å². The van der Waals surface area contributed by atoms with Gasteiger partial charge in [-0.2, -0.15) is 0 Å². The Bertz CT molecular complexity index is 674. The first kappa shape index (κ1) is 21.2. The Labute approximate surface area is 161 Å². The van der Waals surface area contributed by atoms with Crippen LogP contribution >= 0.6 is 0 Å². The van der Waals surface area contributed by atoms with Gasteiger partial charge in [-0.3, -0.25) is 14.6 Å². The number of carbonyl (C=O) groups excluding carboxylic acids is 1. The molecular formula is C21H30FN3O2. The van der Waals surface area contributed by atoms with Gasteiger partial charge in [0.05, 0.1) is 13.7 Å². The van der Waals surface area contributed by atoms with Crippen molar-refractivity contribution in [1.29, 1.82) is 0 Å². The minimum Gasteiger partial charge on any atom is -0.496 e. The molecule has 27 heavy (non-hydrogen) atoms. The highest BCUT2D eigenvalue weighted by atomic mass is 19.1. The van der Waals surface area contributed by atoms with Crippen molar-refractivity contribution in [3.05, 3.63) is 29.6 Å². The quantitative estimate of drug-likeness (QED) is 0.708. The lowest BCUT2D eigenvalue weighted by Gasteiger charge is -2.35. The van der Waals surface area contributed by atoms with Crippen LogP contribution in [-0.2, 0) is 11.3 Å². The van der Waals surface area contributed by atoms with Crippen LogP contribution in [0, 0.1) is 18.2 Å². The molecule has 0 atom stereocenters. The summed E-state index contributed by atoms with van der Waals surface area (Å²) in [5.74, 6) is 3.14. The molecule has 6 heteroatoms. The molecule has 1 aliphatic heterocycles. The van der Waals surface area contributed by atoms with Gasteiger partial charge in [0.25, 0.3) is 0 Å². The maximum Gasteiger partial charge on any atom is 0.235 e. The first-order valence-electron chi connectivity index (χ1n) is 9.51. The number of benzene rings is 1. The van der Waals surface area contributed by atoms with Crippen LogP contribution in [0.5, 0.6) is 5.75 Å². The van der Waals surface area contributed by atoms with Crippen molar-refractivity contribution in [1.82, 2.24) is 15.1 Å². The molecule has 5 nitrogen and oxygen atoms in total. The maximum atomic E-state index is 13.5. The second-order valence-electron chi connectivity index (χ2n) is 6.99. The summed E-state index contributed by atoms with van der Waals surface area (Å²) in [6, 6.07) is 4.58. The Morgan fingerprint density at radius 1 is 1.26 bits per heavy atom. The molecule has 2 rings (SSSR count). The molecule has 1 amide bonds. The molecule has 0 saturated carbocycles. The second kappa shape index (κ2) is 9.72. The topological polar surface area (TPSA) is 44.8 Å². The fraction of sp³-hybridized carbons (Fsp3) is 0.571. The minimum atomic E-state index is -0.549. The lowest BCUT2D eigenvalue weighted by Crippen LogP contribution is -2.53. The van der Waals surface area contributed by atoms with Gasteiger partial charge in [0.2, 0.25) is 5.91 Å². The predicted molar refractivity (Wildman–Crippen MR) is 105 cm³/mol. The third kappa shape index (κ3) is 5.69. The lowest BCUT2D eigenvalue weighted by atomic mass is 9.94. The van der Waals surface area contributed by atoms with Crippen LogP contribution in [0.1, 0.15) is 32.3 Å². The minimum absolute atomic E-state index is 0.0306. The predicted octanol–water partition coefficient (Wildman–Crippen LogP) is 2.26. The average Bonchev–Trinajstić information content (AvgIpc) is 2.68. The number of carbonyl (C=O) groups is 1. The molecule has 0 aromatic heterocycles. The summed E-state index contributed by atoms with van der Waals surface area (Å²) in [5.41, 5.74) is 0.292. The third-order valence-corrected chi connectivity index (χ3v) is 5.33. The molecule has 1 aliphatic rings. The molecule has 1 fully saturated rings. The van der Waals surface area contributed by atoms with Crippen LogP contribution in [-0.4, -0.2) is 61.1 Å². The Morgan fingerprint density at radius 2 is 1.89 bits per heavy atom. The summed E-state index contributed by atoms with van der Waals surface area (Å²) in [6.45, 7) is 8.15. The summed E-state index contributed by atoms with van der Waals surface area (Å²) >= 11 is 0. The number of nitrogens with zero attached hydrogens (tertiary/aromatic N) is 2. The summed E-state index contributed by atoms with van der Waals surface area (Å²) in [6.07, 6.45) is 7.05. The number of piperazine rings is 1. The van der Waals surface area contributed by atoms with Gasteiger partial charge >= 0.3 is 0 Å². The Morgan fingerprint density at radius 3 is 2.44 bits per heavy atom. The number of nitrogens with one attached hydrogen (secondary N) is 1. The Kier molecular flexibility index (Phi) is 7.64. The first-order chi connectivity index (χ1) is 12.9. The number of hydrogen-bond acceptors (Lipinski definition) is 4. The molecule has 1 aromatic carbocycles. The molecular weight excluding hydrogens is 345 g/mol. The number of hydrogen-bond donors (Lipinski definition) is 1. The molecule has 1 saturated heterocycles. The molecule has 148 valence electrons. The van der Waals surface area contributed by atoms with E-state index >= 15 is 0 Å². The molecule has 0 aliphatic carbocycles. The van der Waals surface area contributed by atoms with Crippen LogP contribution in [0.2, 0.25) is 0 Å². The highest BCUT2D eigenvalue weighted by Gasteiger charge is 2.27. The van der Waals surface area contributed by atoms with Crippen molar-refractivity contribution in [2.45, 2.75) is 38.8 Å². The van der Waals surface area contributed by atoms with E-state index in [1.807, 2.05) is 13.8 Å².